The van der Waals surface area contributed by atoms with E-state index in [2.05, 4.69) is 30.3 Å². The molecule has 2 fully saturated rings. The minimum Gasteiger partial charge on any atom is -0.378 e. The Kier molecular flexibility index (Phi) is 4.98. The number of rotatable bonds is 5. The fourth-order valence-corrected chi connectivity index (χ4v) is 3.61. The molecule has 10 nitrogen and oxygen atoms in total. The van der Waals surface area contributed by atoms with Crippen LogP contribution in [0.4, 0.5) is 17.2 Å². The van der Waals surface area contributed by atoms with Crippen LogP contribution in [0.1, 0.15) is 0 Å². The van der Waals surface area contributed by atoms with Crippen LogP contribution in [0.15, 0.2) is 49.3 Å². The van der Waals surface area contributed by atoms with E-state index in [4.69, 9.17) is 4.74 Å². The van der Waals surface area contributed by atoms with Crippen LogP contribution < -0.4 is 15.1 Å². The summed E-state index contributed by atoms with van der Waals surface area (Å²) in [7, 11) is 0. The van der Waals surface area contributed by atoms with Gasteiger partial charge in [-0.25, -0.2) is 19.6 Å². The second kappa shape index (κ2) is 8.07. The van der Waals surface area contributed by atoms with Gasteiger partial charge in [0.15, 0.2) is 5.82 Å². The summed E-state index contributed by atoms with van der Waals surface area (Å²) < 4.78 is 6.97. The van der Waals surface area contributed by atoms with Crippen molar-refractivity contribution in [2.75, 3.05) is 54.5 Å². The number of aromatic nitrogens is 5. The van der Waals surface area contributed by atoms with E-state index >= 15 is 0 Å². The van der Waals surface area contributed by atoms with Gasteiger partial charge in [0, 0.05) is 43.6 Å². The number of hydrogen-bond donors (Lipinski definition) is 1. The molecule has 2 saturated heterocycles. The average molecular weight is 406 g/mol. The van der Waals surface area contributed by atoms with E-state index < -0.39 is 0 Å². The lowest BCUT2D eigenvalue weighted by Gasteiger charge is -2.39. The first-order valence-electron chi connectivity index (χ1n) is 9.92. The van der Waals surface area contributed by atoms with Crippen molar-refractivity contribution in [3.63, 3.8) is 0 Å². The lowest BCUT2D eigenvalue weighted by atomic mass is 9.99. The normalized spacial score (nSPS) is 16.9. The minimum atomic E-state index is -0.0753. The van der Waals surface area contributed by atoms with E-state index in [9.17, 15) is 4.79 Å². The van der Waals surface area contributed by atoms with Gasteiger partial charge < -0.3 is 19.9 Å². The molecule has 0 atom stereocenters. The number of carbonyl (C=O) groups is 1. The van der Waals surface area contributed by atoms with Crippen LogP contribution in [0.25, 0.3) is 5.82 Å². The van der Waals surface area contributed by atoms with Gasteiger partial charge in [0.2, 0.25) is 5.91 Å². The van der Waals surface area contributed by atoms with Crippen LogP contribution in [0.3, 0.4) is 0 Å². The van der Waals surface area contributed by atoms with E-state index in [1.54, 1.807) is 11.0 Å². The maximum absolute atomic E-state index is 12.6. The third-order valence-corrected chi connectivity index (χ3v) is 5.38. The van der Waals surface area contributed by atoms with Crippen molar-refractivity contribution in [3.8, 4) is 5.82 Å². The maximum atomic E-state index is 12.6. The molecule has 0 spiro atoms. The molecule has 0 bridgehead atoms. The van der Waals surface area contributed by atoms with Crippen molar-refractivity contribution < 1.29 is 9.53 Å². The zero-order valence-electron chi connectivity index (χ0n) is 16.4. The monoisotopic (exact) mass is 406 g/mol. The fraction of sp³-hybridized carbons (Fsp3) is 0.350. The highest BCUT2D eigenvalue weighted by atomic mass is 16.5. The van der Waals surface area contributed by atoms with Crippen molar-refractivity contribution in [2.45, 2.75) is 0 Å². The summed E-state index contributed by atoms with van der Waals surface area (Å²) in [6.07, 6.45) is 4.54. The van der Waals surface area contributed by atoms with E-state index in [1.807, 2.05) is 35.2 Å². The molecular weight excluding hydrogens is 384 g/mol. The largest absolute Gasteiger partial charge is 0.378 e. The SMILES string of the molecule is O=C(Nc1ccc(N2CCOCC2)cc1)C1CN(c2cc(-n3cncn3)ncn2)C1. The van der Waals surface area contributed by atoms with Crippen LogP contribution in [0.2, 0.25) is 0 Å². The zero-order valence-corrected chi connectivity index (χ0v) is 16.4. The van der Waals surface area contributed by atoms with Gasteiger partial charge >= 0.3 is 0 Å². The van der Waals surface area contributed by atoms with Crippen LogP contribution in [0, 0.1) is 5.92 Å². The van der Waals surface area contributed by atoms with Crippen molar-refractivity contribution in [1.82, 2.24) is 24.7 Å². The number of nitrogens with one attached hydrogen (secondary N) is 1. The maximum Gasteiger partial charge on any atom is 0.231 e. The Morgan fingerprint density at radius 2 is 1.77 bits per heavy atom. The highest BCUT2D eigenvalue weighted by Crippen LogP contribution is 2.25. The molecule has 0 aliphatic carbocycles. The molecule has 2 aliphatic rings. The zero-order chi connectivity index (χ0) is 20.3. The summed E-state index contributed by atoms with van der Waals surface area (Å²) in [4.78, 5) is 29.4. The number of amides is 1. The number of carbonyl (C=O) groups excluding carboxylic acids is 1. The molecule has 4 heterocycles. The molecule has 30 heavy (non-hydrogen) atoms. The lowest BCUT2D eigenvalue weighted by Crippen LogP contribution is -2.52. The molecular formula is C20H22N8O2. The smallest absolute Gasteiger partial charge is 0.231 e. The standard InChI is InChI=1S/C20H22N8O2/c29-20(25-16-1-3-17(4-2-16)26-5-7-30-8-6-26)15-10-27(11-15)18-9-19(23-13-22-18)28-14-21-12-24-28/h1-4,9,12-15H,5-8,10-11H2,(H,25,29). The summed E-state index contributed by atoms with van der Waals surface area (Å²) in [5.41, 5.74) is 1.96. The number of nitrogens with zero attached hydrogens (tertiary/aromatic N) is 7. The molecule has 3 aromatic rings. The predicted molar refractivity (Wildman–Crippen MR) is 111 cm³/mol. The van der Waals surface area contributed by atoms with Crippen molar-refractivity contribution in [3.05, 3.63) is 49.3 Å². The molecule has 154 valence electrons. The van der Waals surface area contributed by atoms with Crippen LogP contribution >= 0.6 is 0 Å². The van der Waals surface area contributed by atoms with Crippen molar-refractivity contribution in [2.24, 2.45) is 5.92 Å². The molecule has 1 aromatic carbocycles. The van der Waals surface area contributed by atoms with Gasteiger partial charge in [-0.3, -0.25) is 4.79 Å². The molecule has 0 radical (unpaired) electrons. The Morgan fingerprint density at radius 3 is 2.50 bits per heavy atom. The summed E-state index contributed by atoms with van der Waals surface area (Å²) >= 11 is 0. The number of hydrogen-bond acceptors (Lipinski definition) is 8. The van der Waals surface area contributed by atoms with Crippen molar-refractivity contribution in [1.29, 1.82) is 0 Å². The summed E-state index contributed by atoms with van der Waals surface area (Å²) in [5, 5.41) is 7.10. The van der Waals surface area contributed by atoms with Crippen LogP contribution in [-0.4, -0.2) is 70.0 Å². The van der Waals surface area contributed by atoms with Gasteiger partial charge in [-0.1, -0.05) is 0 Å². The Morgan fingerprint density at radius 1 is 1.00 bits per heavy atom. The number of ether oxygens (including phenoxy) is 1. The second-order valence-electron chi connectivity index (χ2n) is 7.31. The van der Waals surface area contributed by atoms with Crippen LogP contribution in [-0.2, 0) is 9.53 Å². The Hall–Kier alpha value is -3.53. The first-order valence-corrected chi connectivity index (χ1v) is 9.92. The van der Waals surface area contributed by atoms with Gasteiger partial charge in [-0.15, -0.1) is 0 Å². The van der Waals surface area contributed by atoms with E-state index in [-0.39, 0.29) is 11.8 Å². The molecule has 0 unspecified atom stereocenters. The first kappa shape index (κ1) is 18.5. The Labute approximate surface area is 173 Å². The highest BCUT2D eigenvalue weighted by molar-refractivity contribution is 5.94. The number of anilines is 3. The van der Waals surface area contributed by atoms with E-state index in [0.29, 0.717) is 18.9 Å². The number of benzene rings is 1. The average Bonchev–Trinajstić information content (AvgIpc) is 3.29. The molecule has 2 aromatic heterocycles. The second-order valence-corrected chi connectivity index (χ2v) is 7.31. The summed E-state index contributed by atoms with van der Waals surface area (Å²) in [6, 6.07) is 9.83. The van der Waals surface area contributed by atoms with Gasteiger partial charge in [0.1, 0.15) is 24.8 Å². The summed E-state index contributed by atoms with van der Waals surface area (Å²) in [5.74, 6) is 1.37. The Balaban J connectivity index is 1.16. The van der Waals surface area contributed by atoms with E-state index in [0.717, 1.165) is 43.5 Å². The van der Waals surface area contributed by atoms with Crippen LogP contribution in [0.5, 0.6) is 0 Å². The van der Waals surface area contributed by atoms with Gasteiger partial charge in [0.25, 0.3) is 0 Å². The predicted octanol–water partition coefficient (Wildman–Crippen LogP) is 0.969. The van der Waals surface area contributed by atoms with Gasteiger partial charge in [-0.2, -0.15) is 5.10 Å². The molecule has 5 rings (SSSR count). The van der Waals surface area contributed by atoms with E-state index in [1.165, 1.54) is 12.7 Å². The number of morpholine rings is 1. The molecule has 0 saturated carbocycles. The third kappa shape index (κ3) is 3.81. The summed E-state index contributed by atoms with van der Waals surface area (Å²) in [6.45, 7) is 4.53. The van der Waals surface area contributed by atoms with Gasteiger partial charge in [0.05, 0.1) is 19.1 Å². The lowest BCUT2D eigenvalue weighted by molar-refractivity contribution is -0.120. The molecule has 1 N–H and O–H groups in total. The molecule has 10 heteroatoms. The topological polar surface area (TPSA) is 101 Å². The molecule has 1 amide bonds. The van der Waals surface area contributed by atoms with Crippen molar-refractivity contribution >= 4 is 23.1 Å². The minimum absolute atomic E-state index is 0.0240. The first-order chi connectivity index (χ1) is 14.8. The quantitative estimate of drug-likeness (QED) is 0.669. The fourth-order valence-electron chi connectivity index (χ4n) is 3.61. The Bertz CT molecular complexity index is 996. The molecule has 2 aliphatic heterocycles. The van der Waals surface area contributed by atoms with Gasteiger partial charge in [-0.05, 0) is 24.3 Å². The third-order valence-electron chi connectivity index (χ3n) is 5.38. The highest BCUT2D eigenvalue weighted by Gasteiger charge is 2.33.